The number of amides is 3. The van der Waals surface area contributed by atoms with Crippen LogP contribution in [0.3, 0.4) is 0 Å². The molecule has 0 aromatic rings. The lowest BCUT2D eigenvalue weighted by Gasteiger charge is -2.31. The lowest BCUT2D eigenvalue weighted by atomic mass is 10.3. The van der Waals surface area contributed by atoms with Crippen molar-refractivity contribution >= 4 is 26.2 Å². The van der Waals surface area contributed by atoms with Gasteiger partial charge < -0.3 is 29.3 Å². The van der Waals surface area contributed by atoms with Crippen LogP contribution in [0.25, 0.3) is 0 Å². The molecule has 0 saturated carbocycles. The van der Waals surface area contributed by atoms with Crippen molar-refractivity contribution in [2.75, 3.05) is 52.6 Å². The molecular formula is C16H29N3O6Si. The summed E-state index contributed by atoms with van der Waals surface area (Å²) in [6.45, 7) is 9.84. The van der Waals surface area contributed by atoms with Crippen LogP contribution in [0.2, 0.25) is 25.7 Å². The van der Waals surface area contributed by atoms with Gasteiger partial charge in [0, 0.05) is 34.3 Å². The van der Waals surface area contributed by atoms with E-state index in [1.54, 1.807) is 4.90 Å². The summed E-state index contributed by atoms with van der Waals surface area (Å²) in [4.78, 5) is 40.2. The van der Waals surface area contributed by atoms with E-state index >= 15 is 0 Å². The standard InChI is InChI=1S/C16H29N3O6Si/c1-26(2,3)12-13(17-15(21)18-4-8-23-9-5-18)14(20)25-16(22)19-6-10-24-11-7-19/h13H,4-12H2,1-3H3,(H,17,21). The predicted molar refractivity (Wildman–Crippen MR) is 96.7 cm³/mol. The van der Waals surface area contributed by atoms with Crippen LogP contribution in [0.15, 0.2) is 0 Å². The molecule has 10 heteroatoms. The van der Waals surface area contributed by atoms with Crippen molar-refractivity contribution in [1.29, 1.82) is 0 Å². The Bertz CT molecular complexity index is 513. The van der Waals surface area contributed by atoms with Gasteiger partial charge in [0.15, 0.2) is 0 Å². The van der Waals surface area contributed by atoms with Gasteiger partial charge in [-0.2, -0.15) is 0 Å². The molecule has 0 aromatic carbocycles. The number of esters is 1. The molecule has 1 unspecified atom stereocenters. The van der Waals surface area contributed by atoms with Gasteiger partial charge in [-0.15, -0.1) is 0 Å². The van der Waals surface area contributed by atoms with Crippen LogP contribution < -0.4 is 5.32 Å². The molecule has 0 aromatic heterocycles. The summed E-state index contributed by atoms with van der Waals surface area (Å²) < 4.78 is 15.5. The van der Waals surface area contributed by atoms with Gasteiger partial charge in [-0.05, 0) is 6.04 Å². The fourth-order valence-corrected chi connectivity index (χ4v) is 4.27. The Morgan fingerprint density at radius 3 is 1.96 bits per heavy atom. The first-order valence-electron chi connectivity index (χ1n) is 8.98. The summed E-state index contributed by atoms with van der Waals surface area (Å²) >= 11 is 0. The lowest BCUT2D eigenvalue weighted by molar-refractivity contribution is -0.140. The summed E-state index contributed by atoms with van der Waals surface area (Å²) in [7, 11) is -1.69. The van der Waals surface area contributed by atoms with Crippen LogP contribution in [-0.4, -0.2) is 94.6 Å². The highest BCUT2D eigenvalue weighted by Crippen LogP contribution is 2.14. The maximum absolute atomic E-state index is 12.6. The Morgan fingerprint density at radius 2 is 1.46 bits per heavy atom. The average molecular weight is 388 g/mol. The minimum absolute atomic E-state index is 0.327. The molecule has 2 aliphatic heterocycles. The van der Waals surface area contributed by atoms with Gasteiger partial charge in [-0.3, -0.25) is 0 Å². The molecule has 2 fully saturated rings. The highest BCUT2D eigenvalue weighted by Gasteiger charge is 2.33. The van der Waals surface area contributed by atoms with Gasteiger partial charge in [0.25, 0.3) is 0 Å². The smallest absolute Gasteiger partial charge is 0.378 e. The van der Waals surface area contributed by atoms with Crippen molar-refractivity contribution in [1.82, 2.24) is 15.1 Å². The van der Waals surface area contributed by atoms with E-state index in [2.05, 4.69) is 25.0 Å². The van der Waals surface area contributed by atoms with Crippen molar-refractivity contribution < 1.29 is 28.6 Å². The van der Waals surface area contributed by atoms with Crippen molar-refractivity contribution in [2.24, 2.45) is 0 Å². The predicted octanol–water partition coefficient (Wildman–Crippen LogP) is 0.730. The third-order valence-electron chi connectivity index (χ3n) is 4.15. The molecule has 2 saturated heterocycles. The zero-order valence-corrected chi connectivity index (χ0v) is 16.8. The van der Waals surface area contributed by atoms with Gasteiger partial charge in [0.1, 0.15) is 6.04 Å². The normalized spacial score (nSPS) is 19.7. The molecular weight excluding hydrogens is 358 g/mol. The van der Waals surface area contributed by atoms with Crippen LogP contribution >= 0.6 is 0 Å². The lowest BCUT2D eigenvalue weighted by Crippen LogP contribution is -2.54. The zero-order chi connectivity index (χ0) is 19.2. The number of carbonyl (C=O) groups excluding carboxylic acids is 3. The van der Waals surface area contributed by atoms with E-state index < -0.39 is 26.2 Å². The minimum atomic E-state index is -1.69. The van der Waals surface area contributed by atoms with Crippen LogP contribution in [0.4, 0.5) is 9.59 Å². The number of ether oxygens (including phenoxy) is 3. The molecule has 0 bridgehead atoms. The molecule has 26 heavy (non-hydrogen) atoms. The molecule has 3 amide bonds. The van der Waals surface area contributed by atoms with Crippen LogP contribution in [0.1, 0.15) is 0 Å². The van der Waals surface area contributed by atoms with E-state index in [9.17, 15) is 14.4 Å². The fraction of sp³-hybridized carbons (Fsp3) is 0.812. The van der Waals surface area contributed by atoms with E-state index in [1.165, 1.54) is 4.90 Å². The third kappa shape index (κ3) is 6.58. The zero-order valence-electron chi connectivity index (χ0n) is 15.8. The first kappa shape index (κ1) is 20.7. The second-order valence-corrected chi connectivity index (χ2v) is 13.2. The number of rotatable bonds is 4. The van der Waals surface area contributed by atoms with Crippen LogP contribution in [0, 0.1) is 0 Å². The van der Waals surface area contributed by atoms with Gasteiger partial charge >= 0.3 is 18.1 Å². The van der Waals surface area contributed by atoms with E-state index in [0.29, 0.717) is 58.7 Å². The fourth-order valence-electron chi connectivity index (χ4n) is 2.78. The largest absolute Gasteiger partial charge is 0.417 e. The summed E-state index contributed by atoms with van der Waals surface area (Å²) in [5, 5.41) is 2.75. The maximum Gasteiger partial charge on any atom is 0.417 e. The minimum Gasteiger partial charge on any atom is -0.378 e. The Morgan fingerprint density at radius 1 is 0.962 bits per heavy atom. The highest BCUT2D eigenvalue weighted by molar-refractivity contribution is 6.76. The Balaban J connectivity index is 1.96. The van der Waals surface area contributed by atoms with Gasteiger partial charge in [-0.1, -0.05) is 19.6 Å². The van der Waals surface area contributed by atoms with Crippen molar-refractivity contribution in [2.45, 2.75) is 31.7 Å². The summed E-state index contributed by atoms with van der Waals surface area (Å²) in [6.07, 6.45) is -0.681. The summed E-state index contributed by atoms with van der Waals surface area (Å²) in [6, 6.07) is -0.660. The van der Waals surface area contributed by atoms with E-state index in [-0.39, 0.29) is 6.03 Å². The molecule has 0 spiro atoms. The summed E-state index contributed by atoms with van der Waals surface area (Å²) in [5.74, 6) is -0.703. The van der Waals surface area contributed by atoms with Crippen molar-refractivity contribution in [3.8, 4) is 0 Å². The Hall–Kier alpha value is -1.65. The topological polar surface area (TPSA) is 97.4 Å². The second-order valence-electron chi connectivity index (χ2n) is 7.65. The molecule has 1 N–H and O–H groups in total. The molecule has 0 aliphatic carbocycles. The number of urea groups is 1. The quantitative estimate of drug-likeness (QED) is 0.434. The molecule has 2 heterocycles. The van der Waals surface area contributed by atoms with E-state index in [4.69, 9.17) is 14.2 Å². The van der Waals surface area contributed by atoms with Crippen LogP contribution in [-0.2, 0) is 19.0 Å². The first-order valence-corrected chi connectivity index (χ1v) is 12.7. The average Bonchev–Trinajstić information content (AvgIpc) is 2.61. The van der Waals surface area contributed by atoms with Crippen molar-refractivity contribution in [3.63, 3.8) is 0 Å². The molecule has 2 aliphatic rings. The molecule has 9 nitrogen and oxygen atoms in total. The molecule has 0 radical (unpaired) electrons. The van der Waals surface area contributed by atoms with E-state index in [0.717, 1.165) is 0 Å². The maximum atomic E-state index is 12.6. The SMILES string of the molecule is C[Si](C)(C)CC(NC(=O)N1CCOCC1)C(=O)OC(=O)N1CCOCC1. The molecule has 1 atom stereocenters. The molecule has 2 rings (SSSR count). The van der Waals surface area contributed by atoms with E-state index in [1.807, 2.05) is 0 Å². The second kappa shape index (κ2) is 9.33. The van der Waals surface area contributed by atoms with Crippen LogP contribution in [0.5, 0.6) is 0 Å². The van der Waals surface area contributed by atoms with Crippen molar-refractivity contribution in [3.05, 3.63) is 0 Å². The first-order chi connectivity index (χ1) is 12.3. The van der Waals surface area contributed by atoms with Gasteiger partial charge in [0.05, 0.1) is 26.4 Å². The number of morpholine rings is 2. The number of hydrogen-bond donors (Lipinski definition) is 1. The highest BCUT2D eigenvalue weighted by atomic mass is 28.3. The third-order valence-corrected chi connectivity index (χ3v) is 5.79. The number of nitrogens with zero attached hydrogens (tertiary/aromatic N) is 2. The Labute approximate surface area is 154 Å². The number of hydrogen-bond acceptors (Lipinski definition) is 6. The molecule has 148 valence electrons. The number of nitrogens with one attached hydrogen (secondary N) is 1. The van der Waals surface area contributed by atoms with Gasteiger partial charge in [-0.25, -0.2) is 14.4 Å². The summed E-state index contributed by atoms with van der Waals surface area (Å²) in [5.41, 5.74) is 0. The monoisotopic (exact) mass is 387 g/mol. The number of carbonyl (C=O) groups is 3. The van der Waals surface area contributed by atoms with Gasteiger partial charge in [0.2, 0.25) is 0 Å². The Kier molecular flexibility index (Phi) is 7.41.